The number of hydrogen-bond donors (Lipinski definition) is 0. The number of piperazine rings is 1. The lowest BCUT2D eigenvalue weighted by atomic mass is 10.1. The molecule has 0 bridgehead atoms. The smallest absolute Gasteiger partial charge is 0.247 e. The van der Waals surface area contributed by atoms with Crippen LogP contribution in [0, 0.1) is 5.82 Å². The maximum absolute atomic E-state index is 13.7. The molecule has 1 fully saturated rings. The van der Waals surface area contributed by atoms with Crippen LogP contribution in [-0.2, 0) is 11.3 Å². The van der Waals surface area contributed by atoms with Gasteiger partial charge >= 0.3 is 0 Å². The molecule has 0 radical (unpaired) electrons. The van der Waals surface area contributed by atoms with Crippen LogP contribution < -0.4 is 0 Å². The first kappa shape index (κ1) is 16.9. The van der Waals surface area contributed by atoms with Crippen LogP contribution >= 0.6 is 11.6 Å². The molecule has 1 atom stereocenters. The minimum atomic E-state index is -0.379. The molecule has 1 aliphatic rings. The van der Waals surface area contributed by atoms with E-state index in [4.69, 9.17) is 11.6 Å². The number of carbonyl (C=O) groups excluding carboxylic acids is 1. The Morgan fingerprint density at radius 2 is 2.00 bits per heavy atom. The van der Waals surface area contributed by atoms with E-state index in [2.05, 4.69) is 10.00 Å². The van der Waals surface area contributed by atoms with Gasteiger partial charge in [0.1, 0.15) is 11.9 Å². The third kappa shape index (κ3) is 3.76. The highest BCUT2D eigenvalue weighted by atomic mass is 35.5. The number of halogens is 2. The third-order valence-corrected chi connectivity index (χ3v) is 4.56. The molecule has 1 saturated heterocycles. The van der Waals surface area contributed by atoms with Crippen molar-refractivity contribution in [2.75, 3.05) is 26.2 Å². The van der Waals surface area contributed by atoms with Crippen molar-refractivity contribution in [2.45, 2.75) is 19.5 Å². The van der Waals surface area contributed by atoms with Gasteiger partial charge in [0.15, 0.2) is 0 Å². The van der Waals surface area contributed by atoms with Gasteiger partial charge in [0.25, 0.3) is 0 Å². The monoisotopic (exact) mass is 350 g/mol. The summed E-state index contributed by atoms with van der Waals surface area (Å²) in [5.74, 6) is -0.152. The molecule has 0 saturated carbocycles. The molecule has 0 N–H and O–H groups in total. The molecule has 5 nitrogen and oxygen atoms in total. The van der Waals surface area contributed by atoms with Gasteiger partial charge in [-0.1, -0.05) is 29.8 Å². The number of carbonyl (C=O) groups is 1. The maximum atomic E-state index is 13.7. The highest BCUT2D eigenvalue weighted by Crippen LogP contribution is 2.16. The summed E-state index contributed by atoms with van der Waals surface area (Å²) in [6.07, 6.45) is 3.18. The van der Waals surface area contributed by atoms with Gasteiger partial charge in [-0.2, -0.15) is 5.10 Å². The summed E-state index contributed by atoms with van der Waals surface area (Å²) in [4.78, 5) is 16.6. The summed E-state index contributed by atoms with van der Waals surface area (Å²) >= 11 is 5.86. The molecule has 24 heavy (non-hydrogen) atoms. The van der Waals surface area contributed by atoms with E-state index in [1.807, 2.05) is 17.9 Å². The molecular formula is C17H20ClFN4O. The van der Waals surface area contributed by atoms with Crippen molar-refractivity contribution in [3.8, 4) is 0 Å². The Labute approximate surface area is 145 Å². The van der Waals surface area contributed by atoms with Crippen LogP contribution in [-0.4, -0.2) is 51.7 Å². The number of nitrogens with zero attached hydrogens (tertiary/aromatic N) is 4. The van der Waals surface area contributed by atoms with E-state index in [-0.39, 0.29) is 17.8 Å². The Balaban J connectivity index is 1.55. The molecule has 2 heterocycles. The van der Waals surface area contributed by atoms with Crippen LogP contribution in [0.2, 0.25) is 5.02 Å². The maximum Gasteiger partial charge on any atom is 0.247 e. The van der Waals surface area contributed by atoms with Crippen LogP contribution in [0.5, 0.6) is 0 Å². The minimum absolute atomic E-state index is 0.0281. The molecule has 2 aromatic rings. The Kier molecular flexibility index (Phi) is 5.16. The van der Waals surface area contributed by atoms with Gasteiger partial charge in [-0.25, -0.2) is 4.39 Å². The van der Waals surface area contributed by atoms with Gasteiger partial charge in [-0.05, 0) is 13.0 Å². The molecule has 0 aliphatic carbocycles. The Morgan fingerprint density at radius 1 is 1.29 bits per heavy atom. The summed E-state index contributed by atoms with van der Waals surface area (Å²) in [6.45, 7) is 5.11. The number of hydrogen-bond acceptors (Lipinski definition) is 3. The molecular weight excluding hydrogens is 331 g/mol. The molecule has 1 aromatic carbocycles. The van der Waals surface area contributed by atoms with Crippen molar-refractivity contribution < 1.29 is 9.18 Å². The first-order chi connectivity index (χ1) is 11.5. The van der Waals surface area contributed by atoms with Gasteiger partial charge in [-0.15, -0.1) is 0 Å². The number of amides is 1. The minimum Gasteiger partial charge on any atom is -0.338 e. The summed E-state index contributed by atoms with van der Waals surface area (Å²) in [5.41, 5.74) is 0.692. The van der Waals surface area contributed by atoms with Crippen molar-refractivity contribution in [3.05, 3.63) is 53.1 Å². The predicted octanol–water partition coefficient (Wildman–Crippen LogP) is 2.58. The molecule has 1 aromatic heterocycles. The second kappa shape index (κ2) is 7.32. The second-order valence-electron chi connectivity index (χ2n) is 6.01. The Morgan fingerprint density at radius 3 is 2.62 bits per heavy atom. The molecule has 1 amide bonds. The van der Waals surface area contributed by atoms with E-state index in [1.54, 1.807) is 23.0 Å². The normalized spacial score (nSPS) is 17.0. The van der Waals surface area contributed by atoms with Crippen LogP contribution in [0.1, 0.15) is 18.5 Å². The fourth-order valence-corrected chi connectivity index (χ4v) is 3.04. The average Bonchev–Trinajstić information content (AvgIpc) is 3.03. The summed E-state index contributed by atoms with van der Waals surface area (Å²) < 4.78 is 15.3. The van der Waals surface area contributed by atoms with E-state index >= 15 is 0 Å². The quantitative estimate of drug-likeness (QED) is 0.851. The van der Waals surface area contributed by atoms with Crippen molar-refractivity contribution in [1.82, 2.24) is 19.6 Å². The topological polar surface area (TPSA) is 41.4 Å². The zero-order chi connectivity index (χ0) is 17.1. The van der Waals surface area contributed by atoms with E-state index in [0.717, 1.165) is 13.1 Å². The fraction of sp³-hybridized carbons (Fsp3) is 0.412. The summed E-state index contributed by atoms with van der Waals surface area (Å²) in [6, 6.07) is 6.44. The molecule has 0 spiro atoms. The largest absolute Gasteiger partial charge is 0.338 e. The van der Waals surface area contributed by atoms with E-state index < -0.39 is 0 Å². The van der Waals surface area contributed by atoms with Crippen LogP contribution in [0.25, 0.3) is 0 Å². The fourth-order valence-electron chi connectivity index (χ4n) is 2.90. The van der Waals surface area contributed by atoms with Gasteiger partial charge in [0.2, 0.25) is 5.91 Å². The number of rotatable bonds is 4. The predicted molar refractivity (Wildman–Crippen MR) is 90.2 cm³/mol. The van der Waals surface area contributed by atoms with Crippen molar-refractivity contribution in [1.29, 1.82) is 0 Å². The average molecular weight is 351 g/mol. The van der Waals surface area contributed by atoms with Crippen LogP contribution in [0.15, 0.2) is 36.7 Å². The van der Waals surface area contributed by atoms with Crippen LogP contribution in [0.4, 0.5) is 4.39 Å². The summed E-state index contributed by atoms with van der Waals surface area (Å²) in [5, 5.41) is 4.62. The van der Waals surface area contributed by atoms with Gasteiger partial charge in [0.05, 0.1) is 11.2 Å². The zero-order valence-electron chi connectivity index (χ0n) is 13.5. The lowest BCUT2D eigenvalue weighted by Gasteiger charge is -2.36. The molecule has 128 valence electrons. The van der Waals surface area contributed by atoms with Crippen molar-refractivity contribution in [2.24, 2.45) is 0 Å². The standard InChI is InChI=1S/C17H20ClFN4O/c1-13(23-12-15(18)10-20-23)17(24)22-8-6-21(7-9-22)11-14-4-2-3-5-16(14)19/h2-5,10,12-13H,6-9,11H2,1H3. The van der Waals surface area contributed by atoms with Crippen molar-refractivity contribution >= 4 is 17.5 Å². The second-order valence-corrected chi connectivity index (χ2v) is 6.44. The first-order valence-corrected chi connectivity index (χ1v) is 8.36. The van der Waals surface area contributed by atoms with Crippen molar-refractivity contribution in [3.63, 3.8) is 0 Å². The molecule has 3 rings (SSSR count). The Bertz CT molecular complexity index is 712. The first-order valence-electron chi connectivity index (χ1n) is 7.99. The highest BCUT2D eigenvalue weighted by Gasteiger charge is 2.26. The van der Waals surface area contributed by atoms with Gasteiger partial charge in [-0.3, -0.25) is 14.4 Å². The van der Waals surface area contributed by atoms with Gasteiger partial charge < -0.3 is 4.90 Å². The molecule has 1 unspecified atom stereocenters. The zero-order valence-corrected chi connectivity index (χ0v) is 14.3. The highest BCUT2D eigenvalue weighted by molar-refractivity contribution is 6.30. The van der Waals surface area contributed by atoms with Crippen LogP contribution in [0.3, 0.4) is 0 Å². The lowest BCUT2D eigenvalue weighted by molar-refractivity contribution is -0.136. The SMILES string of the molecule is CC(C(=O)N1CCN(Cc2ccccc2F)CC1)n1cc(Cl)cn1. The molecule has 1 aliphatic heterocycles. The van der Waals surface area contributed by atoms with E-state index in [1.165, 1.54) is 12.3 Å². The third-order valence-electron chi connectivity index (χ3n) is 4.36. The summed E-state index contributed by atoms with van der Waals surface area (Å²) in [7, 11) is 0. The van der Waals surface area contributed by atoms with E-state index in [0.29, 0.717) is 30.2 Å². The molecule has 7 heteroatoms. The number of benzene rings is 1. The lowest BCUT2D eigenvalue weighted by Crippen LogP contribution is -2.50. The van der Waals surface area contributed by atoms with E-state index in [9.17, 15) is 9.18 Å². The Hall–Kier alpha value is -1.92. The van der Waals surface area contributed by atoms with Gasteiger partial charge in [0, 0.05) is 44.5 Å². The number of aromatic nitrogens is 2.